The number of benzene rings is 2. The van der Waals surface area contributed by atoms with E-state index in [1.54, 1.807) is 18.2 Å². The van der Waals surface area contributed by atoms with Gasteiger partial charge in [-0.2, -0.15) is 0 Å². The van der Waals surface area contributed by atoms with Crippen LogP contribution in [0.4, 0.5) is 0 Å². The van der Waals surface area contributed by atoms with Crippen LogP contribution in [-0.2, 0) is 14.9 Å². The summed E-state index contributed by atoms with van der Waals surface area (Å²) >= 11 is 11.9. The molecule has 0 spiro atoms. The Morgan fingerprint density at radius 1 is 1.21 bits per heavy atom. The number of hydrogen-bond acceptors (Lipinski definition) is 6. The van der Waals surface area contributed by atoms with Gasteiger partial charge < -0.3 is 15.2 Å². The second kappa shape index (κ2) is 10.2. The molecule has 2 rings (SSSR count). The van der Waals surface area contributed by atoms with E-state index in [2.05, 4.69) is 5.32 Å². The lowest BCUT2D eigenvalue weighted by Gasteiger charge is -2.15. The van der Waals surface area contributed by atoms with E-state index in [0.29, 0.717) is 15.2 Å². The Morgan fingerprint density at radius 3 is 2.48 bits per heavy atom. The topological polar surface area (TPSA) is 105 Å². The summed E-state index contributed by atoms with van der Waals surface area (Å²) in [5.74, 6) is -0.156. The molecule has 1 atom stereocenters. The molecule has 1 unspecified atom stereocenters. The fourth-order valence-electron chi connectivity index (χ4n) is 2.18. The number of carbonyl (C=O) groups is 1. The molecule has 0 fully saturated rings. The SMILES string of the molecule is CON(C)S(=O)(=O)c1ccc(C(=O)NCC(O)COc2cccc(Cl)c2Cl)cc1. The summed E-state index contributed by atoms with van der Waals surface area (Å²) in [4.78, 5) is 16.9. The van der Waals surface area contributed by atoms with Crippen molar-refractivity contribution in [2.45, 2.75) is 11.0 Å². The Morgan fingerprint density at radius 2 is 1.86 bits per heavy atom. The van der Waals surface area contributed by atoms with Gasteiger partial charge in [0, 0.05) is 19.2 Å². The van der Waals surface area contributed by atoms with Gasteiger partial charge in [0.2, 0.25) is 0 Å². The molecule has 11 heteroatoms. The second-order valence-electron chi connectivity index (χ2n) is 5.85. The molecule has 2 aromatic rings. The maximum atomic E-state index is 12.2. The Bertz CT molecular complexity index is 953. The molecule has 1 amide bonds. The van der Waals surface area contributed by atoms with Crippen molar-refractivity contribution in [2.75, 3.05) is 27.3 Å². The molecule has 0 saturated heterocycles. The number of hydroxylamine groups is 1. The first-order chi connectivity index (χ1) is 13.7. The predicted octanol–water partition coefficient (Wildman–Crippen LogP) is 2.35. The Hall–Kier alpha value is -1.88. The zero-order chi connectivity index (χ0) is 21.6. The molecule has 158 valence electrons. The molecule has 0 aromatic heterocycles. The molecule has 0 aliphatic carbocycles. The molecule has 0 aliphatic heterocycles. The van der Waals surface area contributed by atoms with Crippen molar-refractivity contribution in [3.63, 3.8) is 0 Å². The number of hydrogen-bond donors (Lipinski definition) is 2. The first-order valence-corrected chi connectivity index (χ1v) is 10.5. The van der Waals surface area contributed by atoms with Crippen molar-refractivity contribution in [3.8, 4) is 5.75 Å². The van der Waals surface area contributed by atoms with Crippen LogP contribution in [0.5, 0.6) is 5.75 Å². The minimum atomic E-state index is -3.79. The highest BCUT2D eigenvalue weighted by Crippen LogP contribution is 2.31. The van der Waals surface area contributed by atoms with Crippen LogP contribution in [-0.4, -0.2) is 57.3 Å². The summed E-state index contributed by atoms with van der Waals surface area (Å²) in [6.07, 6.45) is -0.996. The van der Waals surface area contributed by atoms with Crippen molar-refractivity contribution in [2.24, 2.45) is 0 Å². The summed E-state index contributed by atoms with van der Waals surface area (Å²) < 4.78 is 30.4. The van der Waals surface area contributed by atoms with Gasteiger partial charge in [0.15, 0.2) is 0 Å². The van der Waals surface area contributed by atoms with Gasteiger partial charge in [-0.3, -0.25) is 9.63 Å². The highest BCUT2D eigenvalue weighted by molar-refractivity contribution is 7.89. The average Bonchev–Trinajstić information content (AvgIpc) is 2.72. The number of aliphatic hydroxyl groups is 1. The highest BCUT2D eigenvalue weighted by Gasteiger charge is 2.21. The maximum absolute atomic E-state index is 12.2. The number of halogens is 2. The zero-order valence-electron chi connectivity index (χ0n) is 15.6. The second-order valence-corrected chi connectivity index (χ2v) is 8.57. The minimum absolute atomic E-state index is 0.0229. The number of nitrogens with one attached hydrogen (secondary N) is 1. The number of amides is 1. The van der Waals surface area contributed by atoms with Crippen LogP contribution in [0, 0.1) is 0 Å². The van der Waals surface area contributed by atoms with Crippen LogP contribution in [0.25, 0.3) is 0 Å². The lowest BCUT2D eigenvalue weighted by Crippen LogP contribution is -2.35. The third kappa shape index (κ3) is 6.05. The predicted molar refractivity (Wildman–Crippen MR) is 109 cm³/mol. The Kier molecular flexibility index (Phi) is 8.26. The summed E-state index contributed by atoms with van der Waals surface area (Å²) in [6.45, 7) is -0.190. The molecule has 0 saturated carbocycles. The van der Waals surface area contributed by atoms with Crippen molar-refractivity contribution in [1.82, 2.24) is 9.79 Å². The minimum Gasteiger partial charge on any atom is -0.489 e. The molecule has 0 bridgehead atoms. The van der Waals surface area contributed by atoms with Crippen LogP contribution < -0.4 is 10.1 Å². The normalized spacial score (nSPS) is 12.6. The first kappa shape index (κ1) is 23.4. The Balaban J connectivity index is 1.89. The number of rotatable bonds is 9. The number of sulfonamides is 1. The third-order valence-corrected chi connectivity index (χ3v) is 6.35. The number of aliphatic hydroxyl groups excluding tert-OH is 1. The number of ether oxygens (including phenoxy) is 1. The molecule has 8 nitrogen and oxygen atoms in total. The quantitative estimate of drug-likeness (QED) is 0.554. The first-order valence-electron chi connectivity index (χ1n) is 8.33. The van der Waals surface area contributed by atoms with Gasteiger partial charge in [-0.15, -0.1) is 0 Å². The summed E-state index contributed by atoms with van der Waals surface area (Å²) in [5, 5.41) is 13.1. The van der Waals surface area contributed by atoms with Gasteiger partial charge in [0.05, 0.1) is 17.0 Å². The lowest BCUT2D eigenvalue weighted by atomic mass is 10.2. The summed E-state index contributed by atoms with van der Waals surface area (Å²) in [6, 6.07) is 10.2. The average molecular weight is 463 g/mol. The van der Waals surface area contributed by atoms with Crippen molar-refractivity contribution in [3.05, 3.63) is 58.1 Å². The van der Waals surface area contributed by atoms with Gasteiger partial charge >= 0.3 is 0 Å². The summed E-state index contributed by atoms with van der Waals surface area (Å²) in [5.41, 5.74) is 0.232. The van der Waals surface area contributed by atoms with Gasteiger partial charge in [-0.05, 0) is 36.4 Å². The van der Waals surface area contributed by atoms with Gasteiger partial charge in [0.25, 0.3) is 15.9 Å². The van der Waals surface area contributed by atoms with E-state index in [1.165, 1.54) is 38.4 Å². The molecular weight excluding hydrogens is 443 g/mol. The molecule has 0 heterocycles. The maximum Gasteiger partial charge on any atom is 0.264 e. The van der Waals surface area contributed by atoms with Gasteiger partial charge in [-0.25, -0.2) is 8.42 Å². The molecule has 2 aromatic carbocycles. The van der Waals surface area contributed by atoms with E-state index in [4.69, 9.17) is 32.8 Å². The highest BCUT2D eigenvalue weighted by atomic mass is 35.5. The number of carbonyl (C=O) groups excluding carboxylic acids is 1. The van der Waals surface area contributed by atoms with Crippen molar-refractivity contribution >= 4 is 39.1 Å². The Labute approximate surface area is 178 Å². The van der Waals surface area contributed by atoms with Crippen LogP contribution >= 0.6 is 23.2 Å². The summed E-state index contributed by atoms with van der Waals surface area (Å²) in [7, 11) is -1.30. The van der Waals surface area contributed by atoms with Crippen LogP contribution in [0.2, 0.25) is 10.0 Å². The van der Waals surface area contributed by atoms with E-state index in [-0.39, 0.29) is 28.6 Å². The standard InChI is InChI=1S/C18H20Cl2N2O6S/c1-22(27-2)29(25,26)14-8-6-12(7-9-14)18(24)21-10-13(23)11-28-16-5-3-4-15(19)17(16)20/h3-9,13,23H,10-11H2,1-2H3,(H,21,24). The van der Waals surface area contributed by atoms with E-state index in [1.807, 2.05) is 0 Å². The van der Waals surface area contributed by atoms with Crippen LogP contribution in [0.1, 0.15) is 10.4 Å². The van der Waals surface area contributed by atoms with Crippen LogP contribution in [0.15, 0.2) is 47.4 Å². The fraction of sp³-hybridized carbons (Fsp3) is 0.278. The van der Waals surface area contributed by atoms with E-state index >= 15 is 0 Å². The van der Waals surface area contributed by atoms with Gasteiger partial charge in [0.1, 0.15) is 23.5 Å². The molecule has 29 heavy (non-hydrogen) atoms. The van der Waals surface area contributed by atoms with Gasteiger partial charge in [-0.1, -0.05) is 33.7 Å². The fourth-order valence-corrected chi connectivity index (χ4v) is 3.50. The molecule has 0 aliphatic rings. The van der Waals surface area contributed by atoms with E-state index in [9.17, 15) is 18.3 Å². The van der Waals surface area contributed by atoms with Crippen LogP contribution in [0.3, 0.4) is 0 Å². The zero-order valence-corrected chi connectivity index (χ0v) is 18.0. The molecular formula is C18H20Cl2N2O6S. The number of nitrogens with zero attached hydrogens (tertiary/aromatic N) is 1. The van der Waals surface area contributed by atoms with E-state index in [0.717, 1.165) is 0 Å². The molecule has 2 N–H and O–H groups in total. The van der Waals surface area contributed by atoms with E-state index < -0.39 is 22.0 Å². The largest absolute Gasteiger partial charge is 0.489 e. The third-order valence-electron chi connectivity index (χ3n) is 3.86. The monoisotopic (exact) mass is 462 g/mol. The lowest BCUT2D eigenvalue weighted by molar-refractivity contribution is -0.0258. The van der Waals surface area contributed by atoms with Crippen molar-refractivity contribution < 1.29 is 27.9 Å². The smallest absolute Gasteiger partial charge is 0.264 e. The molecule has 0 radical (unpaired) electrons. The van der Waals surface area contributed by atoms with Crippen molar-refractivity contribution in [1.29, 1.82) is 0 Å².